The Morgan fingerprint density at radius 2 is 2.10 bits per heavy atom. The smallest absolute Gasteiger partial charge is 0.134 e. The SMILES string of the molecule is CCC(CSC)N(C)Cc1cc2ccccc2nc1Cl. The largest absolute Gasteiger partial charge is 0.298 e. The minimum Gasteiger partial charge on any atom is -0.298 e. The van der Waals surface area contributed by atoms with Crippen molar-refractivity contribution in [3.63, 3.8) is 0 Å². The summed E-state index contributed by atoms with van der Waals surface area (Å²) in [6, 6.07) is 10.8. The van der Waals surface area contributed by atoms with Crippen LogP contribution in [0, 0.1) is 0 Å². The van der Waals surface area contributed by atoms with Crippen LogP contribution >= 0.6 is 23.4 Å². The zero-order valence-electron chi connectivity index (χ0n) is 12.3. The van der Waals surface area contributed by atoms with E-state index in [4.69, 9.17) is 11.6 Å². The van der Waals surface area contributed by atoms with Crippen LogP contribution in [0.25, 0.3) is 10.9 Å². The molecule has 1 aromatic carbocycles. The first-order chi connectivity index (χ1) is 9.65. The van der Waals surface area contributed by atoms with Crippen molar-refractivity contribution in [1.29, 1.82) is 0 Å². The van der Waals surface area contributed by atoms with Crippen LogP contribution < -0.4 is 0 Å². The zero-order chi connectivity index (χ0) is 14.5. The van der Waals surface area contributed by atoms with Gasteiger partial charge in [0.15, 0.2) is 0 Å². The lowest BCUT2D eigenvalue weighted by atomic mass is 10.1. The number of hydrogen-bond acceptors (Lipinski definition) is 3. The van der Waals surface area contributed by atoms with E-state index in [2.05, 4.69) is 42.2 Å². The molecule has 20 heavy (non-hydrogen) atoms. The van der Waals surface area contributed by atoms with E-state index >= 15 is 0 Å². The number of hydrogen-bond donors (Lipinski definition) is 0. The van der Waals surface area contributed by atoms with Gasteiger partial charge >= 0.3 is 0 Å². The van der Waals surface area contributed by atoms with E-state index in [1.54, 1.807) is 0 Å². The molecule has 4 heteroatoms. The summed E-state index contributed by atoms with van der Waals surface area (Å²) in [5, 5.41) is 1.77. The molecule has 0 aliphatic carbocycles. The molecule has 1 aromatic heterocycles. The van der Waals surface area contributed by atoms with Gasteiger partial charge in [-0.3, -0.25) is 4.90 Å². The van der Waals surface area contributed by atoms with Crippen molar-refractivity contribution in [2.75, 3.05) is 19.1 Å². The van der Waals surface area contributed by atoms with Gasteiger partial charge in [0.2, 0.25) is 0 Å². The summed E-state index contributed by atoms with van der Waals surface area (Å²) in [6.07, 6.45) is 3.30. The third kappa shape index (κ3) is 3.66. The first kappa shape index (κ1) is 15.6. The van der Waals surface area contributed by atoms with Crippen LogP contribution in [0.15, 0.2) is 30.3 Å². The lowest BCUT2D eigenvalue weighted by molar-refractivity contribution is 0.248. The highest BCUT2D eigenvalue weighted by Gasteiger charge is 2.14. The van der Waals surface area contributed by atoms with Crippen molar-refractivity contribution < 1.29 is 0 Å². The van der Waals surface area contributed by atoms with Crippen LogP contribution in [0.2, 0.25) is 5.15 Å². The van der Waals surface area contributed by atoms with Gasteiger partial charge in [-0.2, -0.15) is 11.8 Å². The molecule has 1 unspecified atom stereocenters. The second kappa shape index (κ2) is 7.30. The second-order valence-electron chi connectivity index (χ2n) is 5.06. The minimum atomic E-state index is 0.576. The van der Waals surface area contributed by atoms with Crippen molar-refractivity contribution in [2.24, 2.45) is 0 Å². The molecule has 1 heterocycles. The van der Waals surface area contributed by atoms with Crippen molar-refractivity contribution in [1.82, 2.24) is 9.88 Å². The summed E-state index contributed by atoms with van der Waals surface area (Å²) >= 11 is 8.22. The lowest BCUT2D eigenvalue weighted by Gasteiger charge is -2.26. The predicted molar refractivity (Wildman–Crippen MR) is 90.7 cm³/mol. The molecule has 0 fully saturated rings. The Morgan fingerprint density at radius 1 is 1.35 bits per heavy atom. The third-order valence-corrected chi connectivity index (χ3v) is 4.67. The number of halogens is 1. The molecule has 0 saturated carbocycles. The molecule has 0 radical (unpaired) electrons. The molecule has 0 aliphatic heterocycles. The molecular formula is C16H21ClN2S. The Morgan fingerprint density at radius 3 is 2.80 bits per heavy atom. The Bertz CT molecular complexity index is 573. The van der Waals surface area contributed by atoms with Crippen LogP contribution in [0.4, 0.5) is 0 Å². The zero-order valence-corrected chi connectivity index (χ0v) is 13.8. The van der Waals surface area contributed by atoms with Crippen molar-refractivity contribution in [3.05, 3.63) is 41.0 Å². The summed E-state index contributed by atoms with van der Waals surface area (Å²) in [4.78, 5) is 6.86. The van der Waals surface area contributed by atoms with Crippen molar-refractivity contribution >= 4 is 34.3 Å². The highest BCUT2D eigenvalue weighted by molar-refractivity contribution is 7.98. The molecule has 0 amide bonds. The molecule has 2 rings (SSSR count). The van der Waals surface area contributed by atoms with Crippen LogP contribution in [-0.2, 0) is 6.54 Å². The Hall–Kier alpha value is -0.770. The Labute approximate surface area is 130 Å². The van der Waals surface area contributed by atoms with Gasteiger partial charge in [-0.15, -0.1) is 0 Å². The summed E-state index contributed by atoms with van der Waals surface area (Å²) in [7, 11) is 2.16. The highest BCUT2D eigenvalue weighted by Crippen LogP contribution is 2.22. The van der Waals surface area contributed by atoms with Gasteiger partial charge in [-0.1, -0.05) is 36.7 Å². The summed E-state index contributed by atoms with van der Waals surface area (Å²) < 4.78 is 0. The van der Waals surface area contributed by atoms with E-state index in [9.17, 15) is 0 Å². The number of para-hydroxylation sites is 1. The molecule has 0 aliphatic rings. The lowest BCUT2D eigenvalue weighted by Crippen LogP contribution is -2.32. The Balaban J connectivity index is 2.22. The van der Waals surface area contributed by atoms with Gasteiger partial charge in [-0.25, -0.2) is 4.98 Å². The van der Waals surface area contributed by atoms with Crippen LogP contribution in [0.3, 0.4) is 0 Å². The molecule has 2 aromatic rings. The van der Waals surface area contributed by atoms with Gasteiger partial charge in [0, 0.05) is 29.3 Å². The van der Waals surface area contributed by atoms with Crippen LogP contribution in [0.1, 0.15) is 18.9 Å². The molecular weight excluding hydrogens is 288 g/mol. The van der Waals surface area contributed by atoms with Crippen molar-refractivity contribution in [3.8, 4) is 0 Å². The third-order valence-electron chi connectivity index (χ3n) is 3.62. The average molecular weight is 309 g/mol. The van der Waals surface area contributed by atoms with E-state index in [0.29, 0.717) is 11.2 Å². The molecule has 108 valence electrons. The van der Waals surface area contributed by atoms with E-state index < -0.39 is 0 Å². The summed E-state index contributed by atoms with van der Waals surface area (Å²) in [6.45, 7) is 3.08. The van der Waals surface area contributed by atoms with Crippen molar-refractivity contribution in [2.45, 2.75) is 25.9 Å². The maximum Gasteiger partial charge on any atom is 0.134 e. The van der Waals surface area contributed by atoms with E-state index in [1.165, 1.54) is 0 Å². The topological polar surface area (TPSA) is 16.1 Å². The molecule has 0 saturated heterocycles. The number of fused-ring (bicyclic) bond motifs is 1. The predicted octanol–water partition coefficient (Wildman–Crippen LogP) is 4.46. The summed E-state index contributed by atoms with van der Waals surface area (Å²) in [5.41, 5.74) is 2.06. The number of nitrogens with zero attached hydrogens (tertiary/aromatic N) is 2. The maximum absolute atomic E-state index is 6.33. The van der Waals surface area contributed by atoms with E-state index in [1.807, 2.05) is 30.0 Å². The first-order valence-electron chi connectivity index (χ1n) is 6.89. The van der Waals surface area contributed by atoms with Gasteiger partial charge in [0.1, 0.15) is 5.15 Å². The van der Waals surface area contributed by atoms with Crippen LogP contribution in [0.5, 0.6) is 0 Å². The monoisotopic (exact) mass is 308 g/mol. The fourth-order valence-corrected chi connectivity index (χ4v) is 3.47. The molecule has 0 spiro atoms. The fraction of sp³-hybridized carbons (Fsp3) is 0.438. The van der Waals surface area contributed by atoms with Gasteiger partial charge in [-0.05, 0) is 31.9 Å². The fourth-order valence-electron chi connectivity index (χ4n) is 2.39. The second-order valence-corrected chi connectivity index (χ2v) is 6.33. The normalized spacial score (nSPS) is 13.1. The highest BCUT2D eigenvalue weighted by atomic mass is 35.5. The van der Waals surface area contributed by atoms with E-state index in [0.717, 1.165) is 35.2 Å². The number of thioether (sulfide) groups is 1. The quantitative estimate of drug-likeness (QED) is 0.733. The minimum absolute atomic E-state index is 0.576. The maximum atomic E-state index is 6.33. The summed E-state index contributed by atoms with van der Waals surface area (Å²) in [5.74, 6) is 1.14. The average Bonchev–Trinajstić information content (AvgIpc) is 2.45. The van der Waals surface area contributed by atoms with Gasteiger partial charge < -0.3 is 0 Å². The van der Waals surface area contributed by atoms with E-state index in [-0.39, 0.29) is 0 Å². The van der Waals surface area contributed by atoms with Crippen LogP contribution in [-0.4, -0.2) is 35.0 Å². The Kier molecular flexibility index (Phi) is 5.70. The molecule has 1 atom stereocenters. The van der Waals surface area contributed by atoms with Gasteiger partial charge in [0.25, 0.3) is 0 Å². The number of benzene rings is 1. The standard InChI is InChI=1S/C16H21ClN2S/c1-4-14(11-20-3)19(2)10-13-9-12-7-5-6-8-15(12)18-16(13)17/h5-9,14H,4,10-11H2,1-3H3. The first-order valence-corrected chi connectivity index (χ1v) is 8.66. The number of rotatable bonds is 6. The number of pyridine rings is 1. The van der Waals surface area contributed by atoms with Gasteiger partial charge in [0.05, 0.1) is 5.52 Å². The molecule has 0 N–H and O–H groups in total. The molecule has 2 nitrogen and oxygen atoms in total. The number of aromatic nitrogens is 1. The molecule has 0 bridgehead atoms.